The highest BCUT2D eigenvalue weighted by molar-refractivity contribution is 6.42. The predicted molar refractivity (Wildman–Crippen MR) is 103 cm³/mol. The molecule has 3 aromatic rings. The fourth-order valence-electron chi connectivity index (χ4n) is 2.28. The van der Waals surface area contributed by atoms with Crippen molar-refractivity contribution >= 4 is 40.8 Å². The van der Waals surface area contributed by atoms with Gasteiger partial charge in [0.1, 0.15) is 12.9 Å². The van der Waals surface area contributed by atoms with Crippen LogP contribution in [0.25, 0.3) is 0 Å². The highest BCUT2D eigenvalue weighted by Crippen LogP contribution is 2.37. The van der Waals surface area contributed by atoms with Crippen molar-refractivity contribution < 1.29 is 9.47 Å². The third-order valence-corrected chi connectivity index (χ3v) is 4.55. The number of methoxy groups -OCH3 is 1. The quantitative estimate of drug-likeness (QED) is 0.572. The topological polar surface area (TPSA) is 72.1 Å². The van der Waals surface area contributed by atoms with Crippen molar-refractivity contribution in [1.29, 1.82) is 0 Å². The summed E-state index contributed by atoms with van der Waals surface area (Å²) in [7, 11) is 1.56. The Morgan fingerprint density at radius 1 is 1.04 bits per heavy atom. The molecule has 0 spiro atoms. The fraction of sp³-hybridized carbons (Fsp3) is 0.176. The van der Waals surface area contributed by atoms with Gasteiger partial charge in [-0.3, -0.25) is 0 Å². The summed E-state index contributed by atoms with van der Waals surface area (Å²) in [6, 6.07) is 8.96. The van der Waals surface area contributed by atoms with E-state index < -0.39 is 0 Å². The first-order chi connectivity index (χ1) is 12.6. The van der Waals surface area contributed by atoms with Crippen molar-refractivity contribution in [2.45, 2.75) is 13.2 Å². The first kappa shape index (κ1) is 18.6. The molecule has 0 atom stereocenters. The maximum absolute atomic E-state index is 6.38. The Morgan fingerprint density at radius 3 is 2.54 bits per heavy atom. The van der Waals surface area contributed by atoms with E-state index in [1.54, 1.807) is 25.3 Å². The zero-order valence-corrected chi connectivity index (χ0v) is 16.0. The van der Waals surface area contributed by atoms with Crippen molar-refractivity contribution in [1.82, 2.24) is 15.2 Å². The highest BCUT2D eigenvalue weighted by Gasteiger charge is 2.13. The van der Waals surface area contributed by atoms with Gasteiger partial charge in [0.15, 0.2) is 11.5 Å². The molecule has 0 aliphatic carbocycles. The number of aromatic nitrogens is 3. The molecule has 0 radical (unpaired) electrons. The second-order valence-electron chi connectivity index (χ2n) is 5.33. The Morgan fingerprint density at radius 2 is 1.85 bits per heavy atom. The lowest BCUT2D eigenvalue weighted by molar-refractivity contribution is 0.284. The summed E-state index contributed by atoms with van der Waals surface area (Å²) in [6.07, 6.45) is 1.43. The molecule has 0 unspecified atom stereocenters. The van der Waals surface area contributed by atoms with Crippen molar-refractivity contribution in [3.05, 3.63) is 62.9 Å². The highest BCUT2D eigenvalue weighted by atomic mass is 35.5. The lowest BCUT2D eigenvalue weighted by Crippen LogP contribution is -2.03. The number of hydrogen-bond acceptors (Lipinski definition) is 5. The molecule has 0 saturated heterocycles. The second-order valence-corrected chi connectivity index (χ2v) is 6.56. The van der Waals surface area contributed by atoms with Crippen LogP contribution in [0.5, 0.6) is 11.5 Å². The van der Waals surface area contributed by atoms with Crippen molar-refractivity contribution in [2.75, 3.05) is 12.4 Å². The van der Waals surface area contributed by atoms with Gasteiger partial charge in [-0.15, -0.1) is 0 Å². The number of halogens is 3. The van der Waals surface area contributed by atoms with Gasteiger partial charge in [-0.1, -0.05) is 40.9 Å². The Hall–Kier alpha value is -2.15. The van der Waals surface area contributed by atoms with Crippen LogP contribution in [0.2, 0.25) is 15.1 Å². The number of aromatic amines is 1. The lowest BCUT2D eigenvalue weighted by Gasteiger charge is -2.15. The zero-order chi connectivity index (χ0) is 18.5. The summed E-state index contributed by atoms with van der Waals surface area (Å²) < 4.78 is 11.3. The van der Waals surface area contributed by atoms with E-state index in [0.29, 0.717) is 39.1 Å². The standard InChI is InChI=1S/C17H15Cl3N4O2/c1-25-15-6-11(7-21-17-22-9-23-24-17)5-14(20)16(15)26-8-10-2-3-12(18)13(19)4-10/h2-6,9H,7-8H2,1H3,(H2,21,22,23,24). The van der Waals surface area contributed by atoms with Crippen LogP contribution in [0.1, 0.15) is 11.1 Å². The van der Waals surface area contributed by atoms with E-state index in [2.05, 4.69) is 20.5 Å². The van der Waals surface area contributed by atoms with Gasteiger partial charge in [0.25, 0.3) is 0 Å². The number of hydrogen-bond donors (Lipinski definition) is 2. The molecule has 0 aliphatic heterocycles. The third-order valence-electron chi connectivity index (χ3n) is 3.53. The number of nitrogens with one attached hydrogen (secondary N) is 2. The van der Waals surface area contributed by atoms with Crippen molar-refractivity contribution in [3.63, 3.8) is 0 Å². The molecule has 6 nitrogen and oxygen atoms in total. The van der Waals surface area contributed by atoms with Gasteiger partial charge >= 0.3 is 0 Å². The van der Waals surface area contributed by atoms with Crippen LogP contribution in [0.15, 0.2) is 36.7 Å². The van der Waals surface area contributed by atoms with E-state index >= 15 is 0 Å². The minimum absolute atomic E-state index is 0.280. The monoisotopic (exact) mass is 412 g/mol. The van der Waals surface area contributed by atoms with E-state index in [9.17, 15) is 0 Å². The molecule has 0 saturated carbocycles. The normalized spacial score (nSPS) is 10.6. The molecule has 0 fully saturated rings. The number of benzene rings is 2. The molecule has 2 aromatic carbocycles. The molecule has 0 bridgehead atoms. The molecular weight excluding hydrogens is 399 g/mol. The molecule has 9 heteroatoms. The summed E-state index contributed by atoms with van der Waals surface area (Å²) in [5.41, 5.74) is 1.78. The van der Waals surface area contributed by atoms with Gasteiger partial charge in [-0.25, -0.2) is 10.1 Å². The minimum Gasteiger partial charge on any atom is -0.493 e. The van der Waals surface area contributed by atoms with E-state index in [1.165, 1.54) is 6.33 Å². The maximum Gasteiger partial charge on any atom is 0.218 e. The van der Waals surface area contributed by atoms with Gasteiger partial charge in [-0.2, -0.15) is 5.10 Å². The molecule has 0 amide bonds. The van der Waals surface area contributed by atoms with Crippen LogP contribution in [-0.4, -0.2) is 22.3 Å². The summed E-state index contributed by atoms with van der Waals surface area (Å²) >= 11 is 18.3. The number of H-pyrrole nitrogens is 1. The molecule has 3 rings (SSSR count). The average Bonchev–Trinajstić information content (AvgIpc) is 3.15. The fourth-order valence-corrected chi connectivity index (χ4v) is 2.89. The predicted octanol–water partition coefficient (Wildman–Crippen LogP) is 4.96. The van der Waals surface area contributed by atoms with Crippen LogP contribution >= 0.6 is 34.8 Å². The van der Waals surface area contributed by atoms with Crippen LogP contribution in [0.3, 0.4) is 0 Å². The Bertz CT molecular complexity index is 888. The summed E-state index contributed by atoms with van der Waals surface area (Å²) in [4.78, 5) is 4.00. The Kier molecular flexibility index (Phi) is 6.08. The molecular formula is C17H15Cl3N4O2. The van der Waals surface area contributed by atoms with Crippen LogP contribution in [0.4, 0.5) is 5.95 Å². The van der Waals surface area contributed by atoms with Gasteiger partial charge in [-0.05, 0) is 35.4 Å². The van der Waals surface area contributed by atoms with Crippen LogP contribution in [0, 0.1) is 0 Å². The van der Waals surface area contributed by atoms with Crippen molar-refractivity contribution in [3.8, 4) is 11.5 Å². The first-order valence-corrected chi connectivity index (χ1v) is 8.72. The molecule has 2 N–H and O–H groups in total. The second kappa shape index (κ2) is 8.49. The molecule has 136 valence electrons. The first-order valence-electron chi connectivity index (χ1n) is 7.59. The molecule has 0 aliphatic rings. The Labute approximate surface area is 165 Å². The largest absolute Gasteiger partial charge is 0.493 e. The van der Waals surface area contributed by atoms with Gasteiger partial charge in [0, 0.05) is 6.54 Å². The van der Waals surface area contributed by atoms with E-state index in [4.69, 9.17) is 44.3 Å². The number of ether oxygens (including phenoxy) is 2. The van der Waals surface area contributed by atoms with Gasteiger partial charge < -0.3 is 14.8 Å². The number of nitrogens with zero attached hydrogens (tertiary/aromatic N) is 2. The van der Waals surface area contributed by atoms with Crippen molar-refractivity contribution in [2.24, 2.45) is 0 Å². The van der Waals surface area contributed by atoms with Crippen LogP contribution < -0.4 is 14.8 Å². The third kappa shape index (κ3) is 4.52. The summed E-state index contributed by atoms with van der Waals surface area (Å²) in [6.45, 7) is 0.779. The lowest BCUT2D eigenvalue weighted by atomic mass is 10.2. The van der Waals surface area contributed by atoms with Crippen LogP contribution in [-0.2, 0) is 13.2 Å². The Balaban J connectivity index is 1.72. The molecule has 1 aromatic heterocycles. The SMILES string of the molecule is COc1cc(CNc2ncn[nH]2)cc(Cl)c1OCc1ccc(Cl)c(Cl)c1. The summed E-state index contributed by atoms with van der Waals surface area (Å²) in [5.74, 6) is 1.57. The zero-order valence-electron chi connectivity index (χ0n) is 13.7. The number of rotatable bonds is 7. The summed E-state index contributed by atoms with van der Waals surface area (Å²) in [5, 5.41) is 11.0. The molecule has 26 heavy (non-hydrogen) atoms. The van der Waals surface area contributed by atoms with E-state index in [0.717, 1.165) is 11.1 Å². The van der Waals surface area contributed by atoms with Gasteiger partial charge in [0.2, 0.25) is 5.95 Å². The van der Waals surface area contributed by atoms with Gasteiger partial charge in [0.05, 0.1) is 22.2 Å². The average molecular weight is 414 g/mol. The van der Waals surface area contributed by atoms with E-state index in [1.807, 2.05) is 12.1 Å². The molecule has 1 heterocycles. The smallest absolute Gasteiger partial charge is 0.218 e. The maximum atomic E-state index is 6.38. The minimum atomic E-state index is 0.280. The number of anilines is 1. The van der Waals surface area contributed by atoms with E-state index in [-0.39, 0.29) is 6.61 Å².